The predicted octanol–water partition coefficient (Wildman–Crippen LogP) is 2.30. The molecule has 2 rings (SSSR count). The fraction of sp³-hybridized carbons (Fsp3) is 0.214. The third kappa shape index (κ3) is 2.95. The van der Waals surface area contributed by atoms with Crippen LogP contribution < -0.4 is 11.1 Å². The third-order valence-corrected chi connectivity index (χ3v) is 4.11. The molecule has 0 unspecified atom stereocenters. The summed E-state index contributed by atoms with van der Waals surface area (Å²) in [4.78, 5) is 16.1. The summed E-state index contributed by atoms with van der Waals surface area (Å²) in [7, 11) is 1.28. The number of nitriles is 1. The van der Waals surface area contributed by atoms with E-state index in [-0.39, 0.29) is 16.1 Å². The number of nitrogens with one attached hydrogen (secondary N) is 1. The Labute approximate surface area is 126 Å². The van der Waals surface area contributed by atoms with E-state index in [1.807, 2.05) is 25.1 Å². The highest BCUT2D eigenvalue weighted by molar-refractivity contribution is 7.18. The van der Waals surface area contributed by atoms with Gasteiger partial charge in [0, 0.05) is 6.20 Å². The van der Waals surface area contributed by atoms with Crippen LogP contribution in [0.5, 0.6) is 0 Å². The smallest absolute Gasteiger partial charge is 0.350 e. The fourth-order valence-corrected chi connectivity index (χ4v) is 2.78. The second-order valence-corrected chi connectivity index (χ2v) is 5.29. The van der Waals surface area contributed by atoms with E-state index in [9.17, 15) is 10.1 Å². The van der Waals surface area contributed by atoms with Gasteiger partial charge in [-0.25, -0.2) is 4.79 Å². The molecule has 21 heavy (non-hydrogen) atoms. The Bertz CT molecular complexity index is 718. The number of rotatable bonds is 4. The van der Waals surface area contributed by atoms with Crippen LogP contribution in [0.2, 0.25) is 0 Å². The minimum Gasteiger partial charge on any atom is -0.465 e. The minimum absolute atomic E-state index is 0.148. The summed E-state index contributed by atoms with van der Waals surface area (Å²) in [5, 5.41) is 12.8. The average molecular weight is 302 g/mol. The number of carbonyl (C=O) groups excluding carboxylic acids is 1. The summed E-state index contributed by atoms with van der Waals surface area (Å²) in [6.07, 6.45) is 1.71. The molecule has 0 aliphatic carbocycles. The van der Waals surface area contributed by atoms with E-state index in [1.165, 1.54) is 7.11 Å². The van der Waals surface area contributed by atoms with E-state index >= 15 is 0 Å². The van der Waals surface area contributed by atoms with Crippen LogP contribution in [0, 0.1) is 18.3 Å². The van der Waals surface area contributed by atoms with Crippen molar-refractivity contribution in [3.8, 4) is 6.07 Å². The van der Waals surface area contributed by atoms with Gasteiger partial charge in [-0.3, -0.25) is 4.98 Å². The monoisotopic (exact) mass is 302 g/mol. The van der Waals surface area contributed by atoms with E-state index in [0.717, 1.165) is 22.6 Å². The molecule has 0 amide bonds. The Morgan fingerprint density at radius 3 is 3.00 bits per heavy atom. The van der Waals surface area contributed by atoms with E-state index in [2.05, 4.69) is 15.0 Å². The molecule has 0 saturated heterocycles. The van der Waals surface area contributed by atoms with E-state index in [0.29, 0.717) is 11.5 Å². The van der Waals surface area contributed by atoms with Crippen molar-refractivity contribution in [3.05, 3.63) is 40.0 Å². The SMILES string of the molecule is COC(=O)c1sc(NCc2ncccc2C)c(C#N)c1N. The van der Waals surface area contributed by atoms with Crippen LogP contribution in [0.1, 0.15) is 26.5 Å². The van der Waals surface area contributed by atoms with E-state index in [4.69, 9.17) is 5.73 Å². The highest BCUT2D eigenvalue weighted by Gasteiger charge is 2.21. The summed E-state index contributed by atoms with van der Waals surface area (Å²) < 4.78 is 4.65. The molecule has 2 aromatic rings. The topological polar surface area (TPSA) is 101 Å². The largest absolute Gasteiger partial charge is 0.465 e. The third-order valence-electron chi connectivity index (χ3n) is 2.96. The number of methoxy groups -OCH3 is 1. The molecule has 0 aromatic carbocycles. The van der Waals surface area contributed by atoms with Crippen LogP contribution in [0.3, 0.4) is 0 Å². The molecule has 0 radical (unpaired) electrons. The maximum absolute atomic E-state index is 11.6. The second kappa shape index (κ2) is 6.24. The van der Waals surface area contributed by atoms with Gasteiger partial charge in [0.1, 0.15) is 21.5 Å². The van der Waals surface area contributed by atoms with Gasteiger partial charge in [0.2, 0.25) is 0 Å². The normalized spacial score (nSPS) is 9.95. The highest BCUT2D eigenvalue weighted by Crippen LogP contribution is 2.35. The molecule has 0 aliphatic rings. The first-order valence-electron chi connectivity index (χ1n) is 6.13. The molecule has 3 N–H and O–H groups in total. The predicted molar refractivity (Wildman–Crippen MR) is 81.1 cm³/mol. The zero-order valence-electron chi connectivity index (χ0n) is 11.6. The summed E-state index contributed by atoms with van der Waals surface area (Å²) >= 11 is 1.11. The van der Waals surface area contributed by atoms with Gasteiger partial charge in [-0.2, -0.15) is 5.26 Å². The Kier molecular flexibility index (Phi) is 4.40. The van der Waals surface area contributed by atoms with Crippen molar-refractivity contribution in [3.63, 3.8) is 0 Å². The Morgan fingerprint density at radius 1 is 1.62 bits per heavy atom. The Balaban J connectivity index is 2.27. The van der Waals surface area contributed by atoms with Crippen LogP contribution in [-0.2, 0) is 11.3 Å². The second-order valence-electron chi connectivity index (χ2n) is 4.27. The van der Waals surface area contributed by atoms with Gasteiger partial charge >= 0.3 is 5.97 Å². The standard InChI is InChI=1S/C14H14N4O2S/c1-8-4-3-5-17-10(8)7-18-13-9(6-15)11(16)12(21-13)14(19)20-2/h3-5,18H,7,16H2,1-2H3. The minimum atomic E-state index is -0.545. The molecular weight excluding hydrogens is 288 g/mol. The lowest BCUT2D eigenvalue weighted by Gasteiger charge is -2.06. The number of aromatic nitrogens is 1. The lowest BCUT2D eigenvalue weighted by molar-refractivity contribution is 0.0607. The number of pyridine rings is 1. The number of hydrogen-bond acceptors (Lipinski definition) is 7. The number of thiophene rings is 1. The quantitative estimate of drug-likeness (QED) is 0.840. The molecule has 108 valence electrons. The summed E-state index contributed by atoms with van der Waals surface area (Å²) in [5.74, 6) is -0.545. The molecule has 0 fully saturated rings. The fourth-order valence-electron chi connectivity index (χ4n) is 1.79. The van der Waals surface area contributed by atoms with Crippen LogP contribution in [0.4, 0.5) is 10.7 Å². The zero-order chi connectivity index (χ0) is 15.4. The van der Waals surface area contributed by atoms with Gasteiger partial charge in [0.05, 0.1) is 25.0 Å². The molecule has 7 heteroatoms. The summed E-state index contributed by atoms with van der Waals surface area (Å²) in [6, 6.07) is 5.82. The number of hydrogen-bond donors (Lipinski definition) is 2. The van der Waals surface area contributed by atoms with E-state index < -0.39 is 5.97 Å². The van der Waals surface area contributed by atoms with E-state index in [1.54, 1.807) is 6.20 Å². The van der Waals surface area contributed by atoms with Crippen molar-refractivity contribution in [2.75, 3.05) is 18.2 Å². The van der Waals surface area contributed by atoms with Gasteiger partial charge in [-0.15, -0.1) is 11.3 Å². The van der Waals surface area contributed by atoms with Gasteiger partial charge < -0.3 is 15.8 Å². The number of nitrogens with zero attached hydrogens (tertiary/aromatic N) is 2. The van der Waals surface area contributed by atoms with Gasteiger partial charge in [-0.05, 0) is 18.6 Å². The summed E-state index contributed by atoms with van der Waals surface area (Å²) in [5.41, 5.74) is 8.14. The molecule has 2 heterocycles. The number of anilines is 2. The first-order valence-corrected chi connectivity index (χ1v) is 6.95. The van der Waals surface area contributed by atoms with Crippen LogP contribution in [0.25, 0.3) is 0 Å². The van der Waals surface area contributed by atoms with Crippen molar-refractivity contribution in [1.82, 2.24) is 4.98 Å². The average Bonchev–Trinajstić information content (AvgIpc) is 2.81. The van der Waals surface area contributed by atoms with Crippen molar-refractivity contribution in [1.29, 1.82) is 5.26 Å². The molecule has 0 saturated carbocycles. The van der Waals surface area contributed by atoms with Crippen LogP contribution in [-0.4, -0.2) is 18.1 Å². The van der Waals surface area contributed by atoms with Crippen molar-refractivity contribution in [2.45, 2.75) is 13.5 Å². The number of nitrogen functional groups attached to an aromatic ring is 1. The highest BCUT2D eigenvalue weighted by atomic mass is 32.1. The first-order chi connectivity index (χ1) is 10.1. The number of carbonyl (C=O) groups is 1. The van der Waals surface area contributed by atoms with Crippen LogP contribution >= 0.6 is 11.3 Å². The Morgan fingerprint density at radius 2 is 2.38 bits per heavy atom. The molecule has 0 atom stereocenters. The van der Waals surface area contributed by atoms with Crippen molar-refractivity contribution < 1.29 is 9.53 Å². The number of nitrogens with two attached hydrogens (primary N) is 1. The molecule has 6 nitrogen and oxygen atoms in total. The maximum atomic E-state index is 11.6. The zero-order valence-corrected chi connectivity index (χ0v) is 12.5. The Hall–Kier alpha value is -2.59. The van der Waals surface area contributed by atoms with Gasteiger partial charge in [-0.1, -0.05) is 6.07 Å². The lowest BCUT2D eigenvalue weighted by Crippen LogP contribution is -2.03. The molecular formula is C14H14N4O2S. The number of ether oxygens (including phenoxy) is 1. The maximum Gasteiger partial charge on any atom is 0.350 e. The summed E-state index contributed by atoms with van der Waals surface area (Å²) in [6.45, 7) is 2.40. The molecule has 2 aromatic heterocycles. The molecule has 0 spiro atoms. The van der Waals surface area contributed by atoms with Crippen LogP contribution in [0.15, 0.2) is 18.3 Å². The number of aryl methyl sites for hydroxylation is 1. The van der Waals surface area contributed by atoms with Gasteiger partial charge in [0.15, 0.2) is 0 Å². The molecule has 0 bridgehead atoms. The number of esters is 1. The van der Waals surface area contributed by atoms with Crippen molar-refractivity contribution >= 4 is 28.0 Å². The van der Waals surface area contributed by atoms with Crippen molar-refractivity contribution in [2.24, 2.45) is 0 Å². The lowest BCUT2D eigenvalue weighted by atomic mass is 10.2. The van der Waals surface area contributed by atoms with Gasteiger partial charge in [0.25, 0.3) is 0 Å². The first kappa shape index (κ1) is 14.8. The molecule has 0 aliphatic heterocycles.